The molecule has 1 amide bonds. The van der Waals surface area contributed by atoms with Crippen molar-refractivity contribution >= 4 is 61.6 Å². The minimum atomic E-state index is -3.14. The molecular weight excluding hydrogens is 419 g/mol. The minimum absolute atomic E-state index is 0.000643. The molecule has 0 saturated carbocycles. The Kier molecular flexibility index (Phi) is 4.98. The van der Waals surface area contributed by atoms with Crippen LogP contribution in [0.2, 0.25) is 10.0 Å². The first-order valence-electron chi connectivity index (χ1n) is 8.19. The van der Waals surface area contributed by atoms with Crippen molar-refractivity contribution in [2.45, 2.75) is 30.2 Å². The zero-order chi connectivity index (χ0) is 18.5. The number of benzene rings is 1. The van der Waals surface area contributed by atoms with E-state index in [1.54, 1.807) is 23.1 Å². The summed E-state index contributed by atoms with van der Waals surface area (Å²) < 4.78 is 29.6. The zero-order valence-electron chi connectivity index (χ0n) is 13.6. The molecule has 1 aromatic carbocycles. The molecule has 0 N–H and O–H groups in total. The predicted octanol–water partition coefficient (Wildman–Crippen LogP) is 2.77. The molecule has 0 spiro atoms. The van der Waals surface area contributed by atoms with E-state index in [2.05, 4.69) is 4.99 Å². The van der Waals surface area contributed by atoms with Crippen LogP contribution in [0.3, 0.4) is 0 Å². The zero-order valence-corrected chi connectivity index (χ0v) is 16.7. The van der Waals surface area contributed by atoms with Gasteiger partial charge in [0.1, 0.15) is 6.10 Å². The molecule has 3 aliphatic rings. The molecule has 6 nitrogen and oxygen atoms in total. The van der Waals surface area contributed by atoms with Crippen LogP contribution in [-0.4, -0.2) is 55.0 Å². The maximum Gasteiger partial charge on any atom is 0.277 e. The third kappa shape index (κ3) is 3.49. The Balaban J connectivity index is 1.73. The number of sulfone groups is 1. The summed E-state index contributed by atoms with van der Waals surface area (Å²) in [6.45, 7) is 0.557. The Morgan fingerprint density at radius 3 is 2.85 bits per heavy atom. The van der Waals surface area contributed by atoms with Gasteiger partial charge in [-0.3, -0.25) is 4.79 Å². The van der Waals surface area contributed by atoms with Gasteiger partial charge in [-0.1, -0.05) is 35.0 Å². The van der Waals surface area contributed by atoms with Crippen molar-refractivity contribution in [1.29, 1.82) is 0 Å². The van der Waals surface area contributed by atoms with Gasteiger partial charge in [-0.05, 0) is 31.0 Å². The van der Waals surface area contributed by atoms with Gasteiger partial charge in [0, 0.05) is 16.9 Å². The van der Waals surface area contributed by atoms with Crippen LogP contribution in [0.4, 0.5) is 5.69 Å². The van der Waals surface area contributed by atoms with Gasteiger partial charge in [-0.15, -0.1) is 0 Å². The molecular formula is C16H16Cl2N2O4S2. The maximum absolute atomic E-state index is 12.4. The number of fused-ring (bicyclic) bond motifs is 1. The van der Waals surface area contributed by atoms with Gasteiger partial charge in [-0.2, -0.15) is 4.99 Å². The number of rotatable bonds is 2. The first-order valence-corrected chi connectivity index (χ1v) is 11.7. The van der Waals surface area contributed by atoms with Gasteiger partial charge in [-0.25, -0.2) is 8.42 Å². The summed E-state index contributed by atoms with van der Waals surface area (Å²) in [5.74, 6) is -0.277. The van der Waals surface area contributed by atoms with E-state index in [9.17, 15) is 13.2 Å². The van der Waals surface area contributed by atoms with E-state index < -0.39 is 15.9 Å². The summed E-state index contributed by atoms with van der Waals surface area (Å²) in [4.78, 5) is 18.5. The van der Waals surface area contributed by atoms with Gasteiger partial charge < -0.3 is 9.64 Å². The molecule has 1 aromatic rings. The lowest BCUT2D eigenvalue weighted by Gasteiger charge is -2.25. The normalized spacial score (nSPS) is 31.5. The standard InChI is InChI=1S/C16H16Cl2N2O4S2/c17-9-3-4-10(18)11(6-9)20-12-7-26(22,23)8-14(12)25-16(20)19-15(21)13-2-1-5-24-13/h3-4,6,12-14H,1-2,5,7-8H2/t12-,13-,14-/m1/s1. The molecule has 0 aromatic heterocycles. The maximum atomic E-state index is 12.4. The van der Waals surface area contributed by atoms with Gasteiger partial charge in [0.2, 0.25) is 0 Å². The molecule has 3 atom stereocenters. The van der Waals surface area contributed by atoms with E-state index >= 15 is 0 Å². The highest BCUT2D eigenvalue weighted by molar-refractivity contribution is 8.16. The lowest BCUT2D eigenvalue weighted by molar-refractivity contribution is -0.126. The summed E-state index contributed by atoms with van der Waals surface area (Å²) in [5.41, 5.74) is 0.565. The van der Waals surface area contributed by atoms with Crippen molar-refractivity contribution < 1.29 is 17.9 Å². The number of hydrogen-bond acceptors (Lipinski definition) is 5. The molecule has 26 heavy (non-hydrogen) atoms. The highest BCUT2D eigenvalue weighted by atomic mass is 35.5. The first kappa shape index (κ1) is 18.6. The van der Waals surface area contributed by atoms with Crippen LogP contribution < -0.4 is 4.90 Å². The molecule has 0 radical (unpaired) electrons. The highest BCUT2D eigenvalue weighted by Gasteiger charge is 2.50. The Hall–Kier alpha value is -0.800. The van der Waals surface area contributed by atoms with Gasteiger partial charge >= 0.3 is 0 Å². The average molecular weight is 435 g/mol. The number of amidine groups is 1. The van der Waals surface area contributed by atoms with E-state index in [4.69, 9.17) is 27.9 Å². The lowest BCUT2D eigenvalue weighted by Crippen LogP contribution is -2.38. The lowest BCUT2D eigenvalue weighted by atomic mass is 10.2. The first-order chi connectivity index (χ1) is 12.3. The SMILES string of the molecule is O=C(N=C1S[C@@H]2CS(=O)(=O)C[C@H]2N1c1cc(Cl)ccc1Cl)[C@H]1CCCO1. The second-order valence-corrected chi connectivity index (χ2v) is 10.7. The van der Waals surface area contributed by atoms with Crippen LogP contribution in [0.1, 0.15) is 12.8 Å². The Morgan fingerprint density at radius 1 is 1.31 bits per heavy atom. The van der Waals surface area contributed by atoms with Crippen molar-refractivity contribution in [2.24, 2.45) is 4.99 Å². The van der Waals surface area contributed by atoms with Crippen molar-refractivity contribution in [3.05, 3.63) is 28.2 Å². The number of thioether (sulfide) groups is 1. The van der Waals surface area contributed by atoms with Crippen molar-refractivity contribution in [2.75, 3.05) is 23.0 Å². The number of hydrogen-bond donors (Lipinski definition) is 0. The van der Waals surface area contributed by atoms with Crippen LogP contribution >= 0.6 is 35.0 Å². The number of nitrogens with zero attached hydrogens (tertiary/aromatic N) is 2. The largest absolute Gasteiger partial charge is 0.368 e. The Bertz CT molecular complexity index is 884. The second kappa shape index (κ2) is 6.98. The van der Waals surface area contributed by atoms with Crippen LogP contribution in [0.25, 0.3) is 0 Å². The number of aliphatic imine (C=N–C) groups is 1. The monoisotopic (exact) mass is 434 g/mol. The quantitative estimate of drug-likeness (QED) is 0.711. The molecule has 0 bridgehead atoms. The Labute approximate surface area is 165 Å². The smallest absolute Gasteiger partial charge is 0.277 e. The molecule has 3 heterocycles. The third-order valence-electron chi connectivity index (χ3n) is 4.65. The predicted molar refractivity (Wildman–Crippen MR) is 104 cm³/mol. The number of halogens is 2. The average Bonchev–Trinajstić information content (AvgIpc) is 3.25. The van der Waals surface area contributed by atoms with Crippen molar-refractivity contribution in [3.63, 3.8) is 0 Å². The van der Waals surface area contributed by atoms with E-state index in [1.165, 1.54) is 11.8 Å². The molecule has 10 heteroatoms. The third-order valence-corrected chi connectivity index (χ3v) is 8.41. The Morgan fingerprint density at radius 2 is 2.12 bits per heavy atom. The second-order valence-electron chi connectivity index (χ2n) is 6.50. The number of ether oxygens (including phenoxy) is 1. The van der Waals surface area contributed by atoms with E-state index in [0.717, 1.165) is 6.42 Å². The fraction of sp³-hybridized carbons (Fsp3) is 0.500. The highest BCUT2D eigenvalue weighted by Crippen LogP contribution is 2.43. The summed E-state index contributed by atoms with van der Waals surface area (Å²) in [7, 11) is -3.14. The van der Waals surface area contributed by atoms with Crippen molar-refractivity contribution in [3.8, 4) is 0 Å². The van der Waals surface area contributed by atoms with E-state index in [1.807, 2.05) is 0 Å². The van der Waals surface area contributed by atoms with E-state index in [0.29, 0.717) is 33.9 Å². The molecule has 3 saturated heterocycles. The van der Waals surface area contributed by atoms with Crippen molar-refractivity contribution in [1.82, 2.24) is 0 Å². The number of amides is 1. The van der Waals surface area contributed by atoms with Crippen LogP contribution in [-0.2, 0) is 19.4 Å². The number of carbonyl (C=O) groups is 1. The molecule has 4 rings (SSSR count). The number of anilines is 1. The molecule has 140 valence electrons. The summed E-state index contributed by atoms with van der Waals surface area (Å²) in [5, 5.41) is 1.17. The molecule has 3 fully saturated rings. The van der Waals surface area contributed by atoms with Gasteiger partial charge in [0.15, 0.2) is 15.0 Å². The fourth-order valence-corrected chi connectivity index (χ4v) is 7.74. The summed E-state index contributed by atoms with van der Waals surface area (Å²) in [6.07, 6.45) is 0.963. The topological polar surface area (TPSA) is 76.0 Å². The number of carbonyl (C=O) groups excluding carboxylic acids is 1. The van der Waals surface area contributed by atoms with Crippen LogP contribution in [0.5, 0.6) is 0 Å². The van der Waals surface area contributed by atoms with Crippen LogP contribution in [0, 0.1) is 0 Å². The fourth-order valence-electron chi connectivity index (χ4n) is 3.46. The summed E-state index contributed by atoms with van der Waals surface area (Å²) in [6, 6.07) is 4.66. The molecule has 3 aliphatic heterocycles. The minimum Gasteiger partial charge on any atom is -0.368 e. The molecule has 0 aliphatic carbocycles. The van der Waals surface area contributed by atoms with Crippen LogP contribution in [0.15, 0.2) is 23.2 Å². The van der Waals surface area contributed by atoms with Gasteiger partial charge in [0.05, 0.1) is 28.3 Å². The molecule has 0 unspecified atom stereocenters. The van der Waals surface area contributed by atoms with Gasteiger partial charge in [0.25, 0.3) is 5.91 Å². The summed E-state index contributed by atoms with van der Waals surface area (Å²) >= 11 is 13.8. The van der Waals surface area contributed by atoms with E-state index in [-0.39, 0.29) is 28.7 Å².